The first kappa shape index (κ1) is 13.0. The van der Waals surface area contributed by atoms with Gasteiger partial charge < -0.3 is 5.32 Å². The van der Waals surface area contributed by atoms with Gasteiger partial charge in [0.25, 0.3) is 5.56 Å². The number of nitrogens with one attached hydrogen (secondary N) is 3. The second kappa shape index (κ2) is 5.49. The lowest BCUT2D eigenvalue weighted by molar-refractivity contribution is 0.593. The Morgan fingerprint density at radius 2 is 2.17 bits per heavy atom. The predicted octanol–water partition coefficient (Wildman–Crippen LogP) is -0.346. The number of H-pyrrole nitrogens is 1. The standard InChI is InChI=1S/C10H16N4O3S/c15-10-5-4-9(12-13-10)14-18(16,17)7-1-6-11-8-2-3-8/h4-5,8,11H,1-3,6-7H2,(H,12,14)(H,13,15). The molecule has 0 spiro atoms. The molecule has 0 amide bonds. The van der Waals surface area contributed by atoms with E-state index in [-0.39, 0.29) is 17.1 Å². The summed E-state index contributed by atoms with van der Waals surface area (Å²) in [6.07, 6.45) is 2.92. The summed E-state index contributed by atoms with van der Waals surface area (Å²) in [5.41, 5.74) is -0.369. The van der Waals surface area contributed by atoms with Crippen LogP contribution in [0.1, 0.15) is 19.3 Å². The minimum absolute atomic E-state index is 0.0352. The molecule has 1 saturated carbocycles. The molecule has 1 heterocycles. The number of aromatic nitrogens is 2. The van der Waals surface area contributed by atoms with Crippen LogP contribution >= 0.6 is 0 Å². The zero-order valence-electron chi connectivity index (χ0n) is 9.85. The van der Waals surface area contributed by atoms with E-state index in [1.807, 2.05) is 0 Å². The third-order valence-corrected chi connectivity index (χ3v) is 3.89. The summed E-state index contributed by atoms with van der Waals surface area (Å²) in [6.45, 7) is 0.699. The lowest BCUT2D eigenvalue weighted by atomic mass is 10.5. The van der Waals surface area contributed by atoms with Gasteiger partial charge in [0.05, 0.1) is 5.75 Å². The minimum Gasteiger partial charge on any atom is -0.314 e. The van der Waals surface area contributed by atoms with E-state index in [9.17, 15) is 13.2 Å². The molecule has 0 bridgehead atoms. The maximum absolute atomic E-state index is 11.7. The van der Waals surface area contributed by atoms with E-state index >= 15 is 0 Å². The van der Waals surface area contributed by atoms with Crippen molar-refractivity contribution in [2.75, 3.05) is 17.0 Å². The number of nitrogens with zero attached hydrogens (tertiary/aromatic N) is 1. The van der Waals surface area contributed by atoms with Crippen LogP contribution in [0.15, 0.2) is 16.9 Å². The van der Waals surface area contributed by atoms with Crippen LogP contribution in [0.2, 0.25) is 0 Å². The largest absolute Gasteiger partial charge is 0.314 e. The molecular weight excluding hydrogens is 256 g/mol. The fourth-order valence-corrected chi connectivity index (χ4v) is 2.53. The molecule has 100 valence electrons. The second-order valence-electron chi connectivity index (χ2n) is 4.31. The second-order valence-corrected chi connectivity index (χ2v) is 6.15. The summed E-state index contributed by atoms with van der Waals surface area (Å²) >= 11 is 0. The Balaban J connectivity index is 1.78. The first-order chi connectivity index (χ1) is 8.55. The number of aromatic amines is 1. The quantitative estimate of drug-likeness (QED) is 0.589. The Labute approximate surface area is 105 Å². The van der Waals surface area contributed by atoms with Gasteiger partial charge in [-0.1, -0.05) is 0 Å². The van der Waals surface area contributed by atoms with Crippen LogP contribution in [0, 0.1) is 0 Å². The van der Waals surface area contributed by atoms with Crippen molar-refractivity contribution in [3.8, 4) is 0 Å². The van der Waals surface area contributed by atoms with Crippen molar-refractivity contribution >= 4 is 15.8 Å². The Bertz CT molecular complexity index is 530. The van der Waals surface area contributed by atoms with Gasteiger partial charge in [0.15, 0.2) is 5.82 Å². The van der Waals surface area contributed by atoms with Gasteiger partial charge in [-0.3, -0.25) is 9.52 Å². The summed E-state index contributed by atoms with van der Waals surface area (Å²) < 4.78 is 25.7. The van der Waals surface area contributed by atoms with Gasteiger partial charge in [-0.15, -0.1) is 0 Å². The monoisotopic (exact) mass is 272 g/mol. The molecule has 1 aliphatic carbocycles. The van der Waals surface area contributed by atoms with Crippen LogP contribution in [0.5, 0.6) is 0 Å². The van der Waals surface area contributed by atoms with E-state index in [0.717, 1.165) is 0 Å². The molecule has 0 aromatic carbocycles. The van der Waals surface area contributed by atoms with Gasteiger partial charge in [0.1, 0.15) is 0 Å². The van der Waals surface area contributed by atoms with Crippen LogP contribution in [-0.4, -0.2) is 37.0 Å². The van der Waals surface area contributed by atoms with Crippen molar-refractivity contribution in [3.05, 3.63) is 22.5 Å². The van der Waals surface area contributed by atoms with Crippen molar-refractivity contribution in [2.45, 2.75) is 25.3 Å². The van der Waals surface area contributed by atoms with Crippen LogP contribution in [0.3, 0.4) is 0 Å². The molecule has 2 rings (SSSR count). The van der Waals surface area contributed by atoms with E-state index in [1.54, 1.807) is 0 Å². The van der Waals surface area contributed by atoms with Gasteiger partial charge in [0.2, 0.25) is 10.0 Å². The smallest absolute Gasteiger partial charge is 0.264 e. The number of hydrogen-bond acceptors (Lipinski definition) is 5. The SMILES string of the molecule is O=c1ccc(NS(=O)(=O)CCCNC2CC2)n[nH]1. The molecule has 0 unspecified atom stereocenters. The zero-order valence-corrected chi connectivity index (χ0v) is 10.7. The lowest BCUT2D eigenvalue weighted by Gasteiger charge is -2.06. The van der Waals surface area contributed by atoms with Crippen molar-refractivity contribution in [2.24, 2.45) is 0 Å². The fourth-order valence-electron chi connectivity index (χ4n) is 1.47. The highest BCUT2D eigenvalue weighted by atomic mass is 32.2. The predicted molar refractivity (Wildman–Crippen MR) is 67.9 cm³/mol. The Kier molecular flexibility index (Phi) is 3.97. The van der Waals surface area contributed by atoms with Crippen molar-refractivity contribution in [1.29, 1.82) is 0 Å². The molecule has 1 aliphatic rings. The highest BCUT2D eigenvalue weighted by Crippen LogP contribution is 2.18. The summed E-state index contributed by atoms with van der Waals surface area (Å²) in [5.74, 6) is 0.165. The minimum atomic E-state index is -3.40. The lowest BCUT2D eigenvalue weighted by Crippen LogP contribution is -2.24. The average molecular weight is 272 g/mol. The normalized spacial score (nSPS) is 15.6. The number of hydrogen-bond donors (Lipinski definition) is 3. The molecule has 18 heavy (non-hydrogen) atoms. The van der Waals surface area contributed by atoms with Crippen molar-refractivity contribution < 1.29 is 8.42 Å². The van der Waals surface area contributed by atoms with Crippen molar-refractivity contribution in [3.63, 3.8) is 0 Å². The van der Waals surface area contributed by atoms with E-state index in [4.69, 9.17) is 0 Å². The Morgan fingerprint density at radius 3 is 2.78 bits per heavy atom. The summed E-state index contributed by atoms with van der Waals surface area (Å²) in [4.78, 5) is 10.8. The van der Waals surface area contributed by atoms with Gasteiger partial charge in [-0.05, 0) is 31.9 Å². The average Bonchev–Trinajstić information content (AvgIpc) is 3.11. The maximum atomic E-state index is 11.7. The highest BCUT2D eigenvalue weighted by molar-refractivity contribution is 7.92. The first-order valence-electron chi connectivity index (χ1n) is 5.85. The Morgan fingerprint density at radius 1 is 1.39 bits per heavy atom. The van der Waals surface area contributed by atoms with E-state index in [0.29, 0.717) is 19.0 Å². The summed E-state index contributed by atoms with van der Waals surface area (Å²) in [6, 6.07) is 3.14. The molecule has 1 aromatic rings. The molecule has 8 heteroatoms. The summed E-state index contributed by atoms with van der Waals surface area (Å²) in [7, 11) is -3.40. The number of rotatable bonds is 7. The number of anilines is 1. The van der Waals surface area contributed by atoms with Crippen molar-refractivity contribution in [1.82, 2.24) is 15.5 Å². The third kappa shape index (κ3) is 4.46. The number of sulfonamides is 1. The van der Waals surface area contributed by atoms with Crippen LogP contribution in [-0.2, 0) is 10.0 Å². The molecular formula is C10H16N4O3S. The van der Waals surface area contributed by atoms with Crippen LogP contribution < -0.4 is 15.6 Å². The molecule has 0 radical (unpaired) electrons. The molecule has 0 saturated heterocycles. The molecule has 7 nitrogen and oxygen atoms in total. The van der Waals surface area contributed by atoms with Crippen LogP contribution in [0.25, 0.3) is 0 Å². The van der Waals surface area contributed by atoms with Crippen LogP contribution in [0.4, 0.5) is 5.82 Å². The third-order valence-electron chi connectivity index (χ3n) is 2.54. The maximum Gasteiger partial charge on any atom is 0.264 e. The zero-order chi connectivity index (χ0) is 13.0. The molecule has 3 N–H and O–H groups in total. The molecule has 0 atom stereocenters. The van der Waals surface area contributed by atoms with Gasteiger partial charge >= 0.3 is 0 Å². The summed E-state index contributed by atoms with van der Waals surface area (Å²) in [5, 5.41) is 9.00. The van der Waals surface area contributed by atoms with Gasteiger partial charge in [-0.2, -0.15) is 5.10 Å². The fraction of sp³-hybridized carbons (Fsp3) is 0.600. The molecule has 1 fully saturated rings. The molecule has 0 aliphatic heterocycles. The molecule has 1 aromatic heterocycles. The highest BCUT2D eigenvalue weighted by Gasteiger charge is 2.20. The first-order valence-corrected chi connectivity index (χ1v) is 7.50. The van der Waals surface area contributed by atoms with E-state index in [2.05, 4.69) is 20.2 Å². The van der Waals surface area contributed by atoms with Gasteiger partial charge in [-0.25, -0.2) is 13.5 Å². The Hall–Kier alpha value is -1.41. The topological polar surface area (TPSA) is 104 Å². The van der Waals surface area contributed by atoms with E-state index < -0.39 is 10.0 Å². The van der Waals surface area contributed by atoms with E-state index in [1.165, 1.54) is 25.0 Å². The van der Waals surface area contributed by atoms with Gasteiger partial charge in [0, 0.05) is 12.1 Å².